The Morgan fingerprint density at radius 1 is 1.33 bits per heavy atom. The molecule has 2 atom stereocenters. The van der Waals surface area contributed by atoms with Crippen LogP contribution in [0.2, 0.25) is 0 Å². The number of benzene rings is 1. The van der Waals surface area contributed by atoms with Crippen LogP contribution in [0.4, 0.5) is 4.39 Å². The third-order valence-corrected chi connectivity index (χ3v) is 3.45. The molecule has 2 rings (SSSR count). The van der Waals surface area contributed by atoms with Crippen molar-refractivity contribution < 1.29 is 13.9 Å². The Kier molecular flexibility index (Phi) is 4.55. The van der Waals surface area contributed by atoms with Crippen LogP contribution in [-0.2, 0) is 11.3 Å². The lowest BCUT2D eigenvalue weighted by Gasteiger charge is -2.29. The maximum absolute atomic E-state index is 13.1. The molecule has 1 aliphatic carbocycles. The zero-order valence-corrected chi connectivity index (χ0v) is 10.7. The van der Waals surface area contributed by atoms with Gasteiger partial charge in [0, 0.05) is 25.6 Å². The zero-order chi connectivity index (χ0) is 13.0. The Labute approximate surface area is 107 Å². The second kappa shape index (κ2) is 6.16. The highest BCUT2D eigenvalue weighted by atomic mass is 19.1. The van der Waals surface area contributed by atoms with Gasteiger partial charge in [0.25, 0.3) is 0 Å². The molecule has 1 fully saturated rings. The fraction of sp³-hybridized carbons (Fsp3) is 0.571. The van der Waals surface area contributed by atoms with Crippen LogP contribution in [0.25, 0.3) is 0 Å². The third kappa shape index (κ3) is 3.21. The van der Waals surface area contributed by atoms with E-state index in [4.69, 9.17) is 15.2 Å². The van der Waals surface area contributed by atoms with Crippen LogP contribution in [0.15, 0.2) is 18.2 Å². The summed E-state index contributed by atoms with van der Waals surface area (Å²) < 4.78 is 24.4. The number of ether oxygens (including phenoxy) is 2. The number of hydrogen-bond donors (Lipinski definition) is 1. The number of hydrogen-bond acceptors (Lipinski definition) is 3. The van der Waals surface area contributed by atoms with E-state index in [0.717, 1.165) is 31.2 Å². The second-order valence-corrected chi connectivity index (χ2v) is 4.72. The van der Waals surface area contributed by atoms with Crippen LogP contribution in [-0.4, -0.2) is 19.3 Å². The van der Waals surface area contributed by atoms with Gasteiger partial charge in [-0.3, -0.25) is 0 Å². The van der Waals surface area contributed by atoms with Crippen LogP contribution >= 0.6 is 0 Å². The minimum Gasteiger partial charge on any atom is -0.490 e. The fourth-order valence-electron chi connectivity index (χ4n) is 2.43. The van der Waals surface area contributed by atoms with Gasteiger partial charge in [0.05, 0.1) is 6.10 Å². The molecule has 0 radical (unpaired) electrons. The molecule has 0 aromatic heterocycles. The molecule has 0 aliphatic heterocycles. The van der Waals surface area contributed by atoms with Crippen LogP contribution in [0.3, 0.4) is 0 Å². The van der Waals surface area contributed by atoms with Gasteiger partial charge in [-0.15, -0.1) is 0 Å². The third-order valence-electron chi connectivity index (χ3n) is 3.45. The van der Waals surface area contributed by atoms with Crippen molar-refractivity contribution in [3.8, 4) is 5.75 Å². The number of rotatable bonds is 4. The van der Waals surface area contributed by atoms with Crippen molar-refractivity contribution in [3.63, 3.8) is 0 Å². The van der Waals surface area contributed by atoms with E-state index in [1.54, 1.807) is 13.2 Å². The zero-order valence-electron chi connectivity index (χ0n) is 10.7. The molecule has 2 N–H and O–H groups in total. The van der Waals surface area contributed by atoms with Crippen LogP contribution in [0, 0.1) is 5.82 Å². The summed E-state index contributed by atoms with van der Waals surface area (Å²) in [6.45, 7) is 0.285. The van der Waals surface area contributed by atoms with Crippen molar-refractivity contribution in [3.05, 3.63) is 29.6 Å². The van der Waals surface area contributed by atoms with Crippen molar-refractivity contribution in [2.75, 3.05) is 7.11 Å². The Morgan fingerprint density at radius 3 is 2.83 bits per heavy atom. The van der Waals surface area contributed by atoms with E-state index in [2.05, 4.69) is 0 Å². The van der Waals surface area contributed by atoms with Crippen LogP contribution in [0.5, 0.6) is 5.75 Å². The molecular formula is C14H20FNO2. The predicted octanol–water partition coefficient (Wildman–Crippen LogP) is 2.62. The summed E-state index contributed by atoms with van der Waals surface area (Å²) in [7, 11) is 1.73. The summed E-state index contributed by atoms with van der Waals surface area (Å²) in [5.41, 5.74) is 6.32. The van der Waals surface area contributed by atoms with Gasteiger partial charge in [-0.2, -0.15) is 0 Å². The lowest BCUT2D eigenvalue weighted by atomic mass is 9.95. The summed E-state index contributed by atoms with van der Waals surface area (Å²) in [6.07, 6.45) is 4.50. The summed E-state index contributed by atoms with van der Waals surface area (Å²) >= 11 is 0. The standard InChI is InChI=1S/C14H20FNO2/c1-17-12-3-2-4-13(8-12)18-14-6-5-11(15)7-10(14)9-16/h5-7,12-13H,2-4,8-9,16H2,1H3. The Hall–Kier alpha value is -1.13. The van der Waals surface area contributed by atoms with Crippen LogP contribution in [0.1, 0.15) is 31.2 Å². The molecule has 3 nitrogen and oxygen atoms in total. The molecule has 0 saturated heterocycles. The molecule has 0 spiro atoms. The average molecular weight is 253 g/mol. The molecule has 1 aromatic carbocycles. The van der Waals surface area contributed by atoms with Gasteiger partial charge in [-0.1, -0.05) is 0 Å². The molecule has 1 saturated carbocycles. The number of halogens is 1. The average Bonchev–Trinajstić information content (AvgIpc) is 2.41. The quantitative estimate of drug-likeness (QED) is 0.897. The van der Waals surface area contributed by atoms with E-state index in [-0.39, 0.29) is 24.6 Å². The Bertz CT molecular complexity index is 397. The highest BCUT2D eigenvalue weighted by Gasteiger charge is 2.23. The van der Waals surface area contributed by atoms with E-state index in [9.17, 15) is 4.39 Å². The molecule has 0 amide bonds. The largest absolute Gasteiger partial charge is 0.490 e. The van der Waals surface area contributed by atoms with Crippen LogP contribution < -0.4 is 10.5 Å². The summed E-state index contributed by atoms with van der Waals surface area (Å²) in [5, 5.41) is 0. The molecule has 4 heteroatoms. The summed E-state index contributed by atoms with van der Waals surface area (Å²) in [6, 6.07) is 4.50. The monoisotopic (exact) mass is 253 g/mol. The summed E-state index contributed by atoms with van der Waals surface area (Å²) in [5.74, 6) is 0.418. The van der Waals surface area contributed by atoms with E-state index >= 15 is 0 Å². The lowest BCUT2D eigenvalue weighted by molar-refractivity contribution is 0.0206. The van der Waals surface area contributed by atoms with E-state index in [1.807, 2.05) is 0 Å². The minimum absolute atomic E-state index is 0.138. The van der Waals surface area contributed by atoms with Gasteiger partial charge in [0.1, 0.15) is 17.7 Å². The molecule has 1 aliphatic rings. The molecule has 0 bridgehead atoms. The summed E-state index contributed by atoms with van der Waals surface area (Å²) in [4.78, 5) is 0. The first kappa shape index (κ1) is 13.3. The van der Waals surface area contributed by atoms with Gasteiger partial charge < -0.3 is 15.2 Å². The highest BCUT2D eigenvalue weighted by molar-refractivity contribution is 5.34. The van der Waals surface area contributed by atoms with Crippen molar-refractivity contribution in [2.24, 2.45) is 5.73 Å². The van der Waals surface area contributed by atoms with Gasteiger partial charge in [-0.25, -0.2) is 4.39 Å². The number of nitrogens with two attached hydrogens (primary N) is 1. The van der Waals surface area contributed by atoms with E-state index in [0.29, 0.717) is 5.75 Å². The Morgan fingerprint density at radius 2 is 2.11 bits per heavy atom. The predicted molar refractivity (Wildman–Crippen MR) is 68.0 cm³/mol. The van der Waals surface area contributed by atoms with Gasteiger partial charge in [0.2, 0.25) is 0 Å². The maximum atomic E-state index is 13.1. The lowest BCUT2D eigenvalue weighted by Crippen LogP contribution is -2.29. The topological polar surface area (TPSA) is 44.5 Å². The number of methoxy groups -OCH3 is 1. The fourth-order valence-corrected chi connectivity index (χ4v) is 2.43. The molecule has 2 unspecified atom stereocenters. The smallest absolute Gasteiger partial charge is 0.124 e. The van der Waals surface area contributed by atoms with E-state index in [1.165, 1.54) is 12.1 Å². The van der Waals surface area contributed by atoms with Gasteiger partial charge in [0.15, 0.2) is 0 Å². The minimum atomic E-state index is -0.277. The highest BCUT2D eigenvalue weighted by Crippen LogP contribution is 2.27. The SMILES string of the molecule is COC1CCCC(Oc2ccc(F)cc2CN)C1. The molecular weight excluding hydrogens is 233 g/mol. The van der Waals surface area contributed by atoms with Crippen molar-refractivity contribution in [2.45, 2.75) is 44.4 Å². The second-order valence-electron chi connectivity index (χ2n) is 4.72. The molecule has 1 aromatic rings. The van der Waals surface area contributed by atoms with Crippen molar-refractivity contribution in [1.82, 2.24) is 0 Å². The van der Waals surface area contributed by atoms with Gasteiger partial charge in [-0.05, 0) is 37.5 Å². The molecule has 18 heavy (non-hydrogen) atoms. The normalized spacial score (nSPS) is 23.9. The molecule has 100 valence electrons. The van der Waals surface area contributed by atoms with Crippen molar-refractivity contribution >= 4 is 0 Å². The first-order valence-corrected chi connectivity index (χ1v) is 6.41. The van der Waals surface area contributed by atoms with Gasteiger partial charge >= 0.3 is 0 Å². The first-order chi connectivity index (χ1) is 8.72. The maximum Gasteiger partial charge on any atom is 0.124 e. The Balaban J connectivity index is 2.04. The van der Waals surface area contributed by atoms with E-state index < -0.39 is 0 Å². The first-order valence-electron chi connectivity index (χ1n) is 6.41. The van der Waals surface area contributed by atoms with Crippen molar-refractivity contribution in [1.29, 1.82) is 0 Å². The molecule has 0 heterocycles.